The molecule has 0 aliphatic carbocycles. The number of nitrogens with one attached hydrogen (secondary N) is 1. The van der Waals surface area contributed by atoms with E-state index >= 15 is 0 Å². The molecule has 236 valence electrons. The standard InChI is InChI=1S/C34H42N2O7S/c1-34(2,3)26-7-10-28(30(19-26)25-13-15-41-21-25)23-6-9-29-24(18-23)12-14-36(33(29)37)27-8-11-32(43-22-42-17-16-40-4)31(20-27)35-44(5,38)39/h6-11,18-20,25,35H,12-17,21-22H2,1-5H3. The highest BCUT2D eigenvalue weighted by Gasteiger charge is 2.28. The summed E-state index contributed by atoms with van der Waals surface area (Å²) in [6, 6.07) is 17.9. The number of amides is 1. The molecule has 3 aromatic carbocycles. The first-order chi connectivity index (χ1) is 20.9. The monoisotopic (exact) mass is 622 g/mol. The number of methoxy groups -OCH3 is 1. The molecule has 5 rings (SSSR count). The van der Waals surface area contributed by atoms with Gasteiger partial charge in [-0.05, 0) is 70.3 Å². The topological polar surface area (TPSA) is 103 Å². The van der Waals surface area contributed by atoms with Crippen LogP contribution in [0.5, 0.6) is 5.75 Å². The van der Waals surface area contributed by atoms with Gasteiger partial charge < -0.3 is 23.8 Å². The summed E-state index contributed by atoms with van der Waals surface area (Å²) >= 11 is 0. The molecule has 0 bridgehead atoms. The molecular formula is C34H42N2O7S. The van der Waals surface area contributed by atoms with Crippen LogP contribution in [0.25, 0.3) is 11.1 Å². The van der Waals surface area contributed by atoms with E-state index in [-0.39, 0.29) is 23.8 Å². The molecule has 2 heterocycles. The normalized spacial score (nSPS) is 17.1. The Labute approximate surface area is 260 Å². The van der Waals surface area contributed by atoms with Gasteiger partial charge in [-0.3, -0.25) is 9.52 Å². The summed E-state index contributed by atoms with van der Waals surface area (Å²) in [6.45, 7) is 9.32. The molecule has 2 aliphatic rings. The van der Waals surface area contributed by atoms with Gasteiger partial charge in [0.15, 0.2) is 6.79 Å². The predicted molar refractivity (Wildman–Crippen MR) is 172 cm³/mol. The molecule has 44 heavy (non-hydrogen) atoms. The maximum Gasteiger partial charge on any atom is 0.258 e. The fourth-order valence-electron chi connectivity index (χ4n) is 5.71. The van der Waals surface area contributed by atoms with Crippen LogP contribution in [0.1, 0.15) is 60.2 Å². The first-order valence-corrected chi connectivity index (χ1v) is 16.8. The van der Waals surface area contributed by atoms with Gasteiger partial charge in [-0.1, -0.05) is 51.1 Å². The number of rotatable bonds is 11. The lowest BCUT2D eigenvalue weighted by atomic mass is 9.81. The van der Waals surface area contributed by atoms with Gasteiger partial charge in [0.2, 0.25) is 10.0 Å². The summed E-state index contributed by atoms with van der Waals surface area (Å²) in [5.41, 5.74) is 7.37. The van der Waals surface area contributed by atoms with Crippen molar-refractivity contribution in [3.8, 4) is 16.9 Å². The minimum absolute atomic E-state index is 0.0390. The van der Waals surface area contributed by atoms with E-state index in [1.165, 1.54) is 16.7 Å². The zero-order valence-electron chi connectivity index (χ0n) is 26.1. The van der Waals surface area contributed by atoms with Crippen LogP contribution in [0.4, 0.5) is 11.4 Å². The van der Waals surface area contributed by atoms with Gasteiger partial charge in [-0.2, -0.15) is 0 Å². The number of ether oxygens (including phenoxy) is 4. The van der Waals surface area contributed by atoms with E-state index in [1.54, 1.807) is 30.2 Å². The van der Waals surface area contributed by atoms with Crippen molar-refractivity contribution in [3.05, 3.63) is 76.9 Å². The number of hydrogen-bond donors (Lipinski definition) is 1. The molecule has 1 atom stereocenters. The first-order valence-electron chi connectivity index (χ1n) is 14.9. The third-order valence-corrected chi connectivity index (χ3v) is 8.67. The van der Waals surface area contributed by atoms with E-state index in [9.17, 15) is 13.2 Å². The van der Waals surface area contributed by atoms with E-state index in [4.69, 9.17) is 18.9 Å². The number of nitrogens with zero attached hydrogens (tertiary/aromatic N) is 1. The molecule has 0 saturated carbocycles. The molecule has 0 aromatic heterocycles. The number of carbonyl (C=O) groups is 1. The lowest BCUT2D eigenvalue weighted by Crippen LogP contribution is -2.37. The average Bonchev–Trinajstić information content (AvgIpc) is 3.51. The van der Waals surface area contributed by atoms with Crippen LogP contribution in [0.2, 0.25) is 0 Å². The zero-order chi connectivity index (χ0) is 31.5. The maximum atomic E-state index is 13.8. The molecule has 1 N–H and O–H groups in total. The van der Waals surface area contributed by atoms with Crippen LogP contribution in [0, 0.1) is 0 Å². The minimum Gasteiger partial charge on any atom is -0.465 e. The zero-order valence-corrected chi connectivity index (χ0v) is 27.0. The van der Waals surface area contributed by atoms with Crippen molar-refractivity contribution in [2.45, 2.75) is 44.9 Å². The summed E-state index contributed by atoms with van der Waals surface area (Å²) in [5, 5.41) is 0. The SMILES string of the molecule is COCCOCOc1ccc(N2CCc3cc(-c4ccc(C(C)(C)C)cc4C4CCOC4)ccc3C2=O)cc1NS(C)(=O)=O. The van der Waals surface area contributed by atoms with Gasteiger partial charge in [-0.15, -0.1) is 0 Å². The minimum atomic E-state index is -3.60. The molecule has 1 unspecified atom stereocenters. The summed E-state index contributed by atoms with van der Waals surface area (Å²) in [7, 11) is -2.03. The van der Waals surface area contributed by atoms with E-state index in [1.807, 2.05) is 12.1 Å². The summed E-state index contributed by atoms with van der Waals surface area (Å²) in [5.74, 6) is 0.512. The van der Waals surface area contributed by atoms with Gasteiger partial charge in [0.05, 0.1) is 31.8 Å². The number of hydrogen-bond acceptors (Lipinski definition) is 7. The summed E-state index contributed by atoms with van der Waals surface area (Å²) < 4.78 is 48.5. The van der Waals surface area contributed by atoms with Crippen molar-refractivity contribution in [2.24, 2.45) is 0 Å². The van der Waals surface area contributed by atoms with Crippen molar-refractivity contribution in [1.82, 2.24) is 0 Å². The number of carbonyl (C=O) groups excluding carboxylic acids is 1. The van der Waals surface area contributed by atoms with Gasteiger partial charge >= 0.3 is 0 Å². The summed E-state index contributed by atoms with van der Waals surface area (Å²) in [6.07, 6.45) is 2.73. The Balaban J connectivity index is 1.41. The third-order valence-electron chi connectivity index (χ3n) is 8.08. The Morgan fingerprint density at radius 3 is 2.52 bits per heavy atom. The summed E-state index contributed by atoms with van der Waals surface area (Å²) in [4.78, 5) is 15.4. The highest BCUT2D eigenvalue weighted by molar-refractivity contribution is 7.92. The molecule has 1 fully saturated rings. The van der Waals surface area contributed by atoms with Crippen molar-refractivity contribution in [2.75, 3.05) is 62.8 Å². The van der Waals surface area contributed by atoms with E-state index in [0.29, 0.717) is 49.1 Å². The fraction of sp³-hybridized carbons (Fsp3) is 0.441. The van der Waals surface area contributed by atoms with Gasteiger partial charge in [-0.25, -0.2) is 8.42 Å². The van der Waals surface area contributed by atoms with E-state index < -0.39 is 10.0 Å². The van der Waals surface area contributed by atoms with Crippen LogP contribution in [0.3, 0.4) is 0 Å². The Morgan fingerprint density at radius 2 is 1.82 bits per heavy atom. The number of benzene rings is 3. The van der Waals surface area contributed by atoms with Crippen LogP contribution >= 0.6 is 0 Å². The quantitative estimate of drug-likeness (QED) is 0.215. The largest absolute Gasteiger partial charge is 0.465 e. The lowest BCUT2D eigenvalue weighted by molar-refractivity contribution is -0.00814. The molecular weight excluding hydrogens is 580 g/mol. The van der Waals surface area contributed by atoms with Crippen LogP contribution in [-0.2, 0) is 36.1 Å². The molecule has 1 saturated heterocycles. The Kier molecular flexibility index (Phi) is 9.65. The van der Waals surface area contributed by atoms with Crippen LogP contribution in [0.15, 0.2) is 54.6 Å². The van der Waals surface area contributed by atoms with Gasteiger partial charge in [0.25, 0.3) is 5.91 Å². The van der Waals surface area contributed by atoms with Gasteiger partial charge in [0.1, 0.15) is 5.75 Å². The highest BCUT2D eigenvalue weighted by Crippen LogP contribution is 2.39. The van der Waals surface area contributed by atoms with E-state index in [0.717, 1.165) is 37.0 Å². The molecule has 0 radical (unpaired) electrons. The molecule has 10 heteroatoms. The highest BCUT2D eigenvalue weighted by atomic mass is 32.2. The Bertz CT molecular complexity index is 1610. The van der Waals surface area contributed by atoms with E-state index in [2.05, 4.69) is 49.8 Å². The van der Waals surface area contributed by atoms with Crippen molar-refractivity contribution in [1.29, 1.82) is 0 Å². The lowest BCUT2D eigenvalue weighted by Gasteiger charge is -2.30. The predicted octanol–water partition coefficient (Wildman–Crippen LogP) is 5.73. The van der Waals surface area contributed by atoms with Crippen LogP contribution < -0.4 is 14.4 Å². The molecule has 3 aromatic rings. The second kappa shape index (κ2) is 13.3. The molecule has 2 aliphatic heterocycles. The Morgan fingerprint density at radius 1 is 1.02 bits per heavy atom. The second-order valence-electron chi connectivity index (χ2n) is 12.4. The third kappa shape index (κ3) is 7.43. The second-order valence-corrected chi connectivity index (χ2v) is 14.2. The number of sulfonamides is 1. The Hall–Kier alpha value is -3.44. The van der Waals surface area contributed by atoms with Crippen molar-refractivity contribution in [3.63, 3.8) is 0 Å². The molecule has 0 spiro atoms. The smallest absolute Gasteiger partial charge is 0.258 e. The van der Waals surface area contributed by atoms with Gasteiger partial charge in [0, 0.05) is 37.4 Å². The van der Waals surface area contributed by atoms with Crippen LogP contribution in [-0.4, -0.2) is 67.5 Å². The molecule has 1 amide bonds. The first kappa shape index (κ1) is 32.0. The molecule has 9 nitrogen and oxygen atoms in total. The average molecular weight is 623 g/mol. The van der Waals surface area contributed by atoms with Crippen molar-refractivity contribution < 1.29 is 32.2 Å². The maximum absolute atomic E-state index is 13.8. The van der Waals surface area contributed by atoms with Crippen molar-refractivity contribution >= 4 is 27.3 Å². The fourth-order valence-corrected chi connectivity index (χ4v) is 6.27. The number of fused-ring (bicyclic) bond motifs is 1. The number of anilines is 2.